The van der Waals surface area contributed by atoms with Gasteiger partial charge in [0.1, 0.15) is 0 Å². The van der Waals surface area contributed by atoms with Gasteiger partial charge in [-0.3, -0.25) is 0 Å². The van der Waals surface area contributed by atoms with Crippen LogP contribution in [0.5, 0.6) is 0 Å². The molecule has 0 spiro atoms. The Morgan fingerprint density at radius 2 is 0.862 bits per heavy atom. The standard InChI is InChI=1S/C28H52S/c1-3-5-7-9-11-13-14-15-16-18-20-22-24-28-27(25-26-29-28)23-21-19-17-12-10-8-6-4-2/h25-26H,3-24H2,1-2H3. The number of hydrogen-bond acceptors (Lipinski definition) is 1. The fourth-order valence-corrected chi connectivity index (χ4v) is 5.37. The number of unbranched alkanes of at least 4 members (excludes halogenated alkanes) is 18. The largest absolute Gasteiger partial charge is 0.149 e. The normalized spacial score (nSPS) is 11.4. The van der Waals surface area contributed by atoms with Crippen LogP contribution in [0.25, 0.3) is 0 Å². The van der Waals surface area contributed by atoms with Crippen molar-refractivity contribution in [3.63, 3.8) is 0 Å². The summed E-state index contributed by atoms with van der Waals surface area (Å²) in [5, 5.41) is 2.33. The third-order valence-electron chi connectivity index (χ3n) is 6.39. The van der Waals surface area contributed by atoms with Crippen LogP contribution >= 0.6 is 11.3 Å². The number of aryl methyl sites for hydroxylation is 2. The van der Waals surface area contributed by atoms with Gasteiger partial charge in [-0.25, -0.2) is 0 Å². The van der Waals surface area contributed by atoms with Gasteiger partial charge in [-0.05, 0) is 42.7 Å². The smallest absolute Gasteiger partial charge is 0.00772 e. The maximum atomic E-state index is 2.40. The summed E-state index contributed by atoms with van der Waals surface area (Å²) in [7, 11) is 0. The SMILES string of the molecule is CCCCCCCCCCCCCCc1sccc1CCCCCCCCCC. The van der Waals surface area contributed by atoms with Crippen molar-refractivity contribution < 1.29 is 0 Å². The summed E-state index contributed by atoms with van der Waals surface area (Å²) in [4.78, 5) is 1.69. The highest BCUT2D eigenvalue weighted by Crippen LogP contribution is 2.22. The van der Waals surface area contributed by atoms with E-state index in [0.29, 0.717) is 0 Å². The van der Waals surface area contributed by atoms with Crippen LogP contribution in [0.1, 0.15) is 153 Å². The van der Waals surface area contributed by atoms with Gasteiger partial charge >= 0.3 is 0 Å². The lowest BCUT2D eigenvalue weighted by Gasteiger charge is -2.05. The Bertz CT molecular complexity index is 433. The molecule has 1 aromatic rings. The first-order valence-corrected chi connectivity index (χ1v) is 14.3. The Kier molecular flexibility index (Phi) is 19.3. The molecular formula is C28H52S. The fourth-order valence-electron chi connectivity index (χ4n) is 4.39. The summed E-state index contributed by atoms with van der Waals surface area (Å²) >= 11 is 2.01. The molecule has 29 heavy (non-hydrogen) atoms. The van der Waals surface area contributed by atoms with Crippen molar-refractivity contribution >= 4 is 11.3 Å². The van der Waals surface area contributed by atoms with Gasteiger partial charge in [0.2, 0.25) is 0 Å². The van der Waals surface area contributed by atoms with E-state index in [0.717, 1.165) is 0 Å². The molecule has 1 rings (SSSR count). The molecule has 0 N–H and O–H groups in total. The zero-order valence-corrected chi connectivity index (χ0v) is 20.9. The summed E-state index contributed by atoms with van der Waals surface area (Å²) in [6.45, 7) is 4.60. The van der Waals surface area contributed by atoms with E-state index in [1.165, 1.54) is 141 Å². The first kappa shape index (κ1) is 26.7. The molecule has 1 aromatic heterocycles. The van der Waals surface area contributed by atoms with Crippen LogP contribution in [0.3, 0.4) is 0 Å². The topological polar surface area (TPSA) is 0 Å². The van der Waals surface area contributed by atoms with E-state index in [4.69, 9.17) is 0 Å². The predicted octanol–water partition coefficient (Wildman–Crippen LogP) is 10.7. The molecule has 0 amide bonds. The molecular weight excluding hydrogens is 368 g/mol. The molecule has 1 heterocycles. The molecule has 170 valence electrons. The molecule has 0 radical (unpaired) electrons. The van der Waals surface area contributed by atoms with Gasteiger partial charge in [0.25, 0.3) is 0 Å². The zero-order chi connectivity index (χ0) is 20.8. The monoisotopic (exact) mass is 420 g/mol. The average Bonchev–Trinajstić information content (AvgIpc) is 3.18. The first-order chi connectivity index (χ1) is 14.4. The molecule has 0 aliphatic heterocycles. The van der Waals surface area contributed by atoms with Gasteiger partial charge in [0.15, 0.2) is 0 Å². The summed E-state index contributed by atoms with van der Waals surface area (Å²) in [6.07, 6.45) is 31.5. The van der Waals surface area contributed by atoms with E-state index in [9.17, 15) is 0 Å². The lowest BCUT2D eigenvalue weighted by Crippen LogP contribution is -1.91. The Labute approximate surface area is 188 Å². The zero-order valence-electron chi connectivity index (χ0n) is 20.1. The minimum atomic E-state index is 1.33. The van der Waals surface area contributed by atoms with Crippen molar-refractivity contribution in [2.75, 3.05) is 0 Å². The van der Waals surface area contributed by atoms with Crippen molar-refractivity contribution in [2.45, 2.75) is 155 Å². The predicted molar refractivity (Wildman–Crippen MR) is 135 cm³/mol. The summed E-state index contributed by atoms with van der Waals surface area (Å²) in [5.41, 5.74) is 1.67. The molecule has 0 atom stereocenters. The molecule has 0 aliphatic carbocycles. The third kappa shape index (κ3) is 16.1. The van der Waals surface area contributed by atoms with Gasteiger partial charge in [-0.15, -0.1) is 11.3 Å². The van der Waals surface area contributed by atoms with E-state index in [-0.39, 0.29) is 0 Å². The summed E-state index contributed by atoms with van der Waals surface area (Å²) in [6, 6.07) is 2.40. The molecule has 0 aromatic carbocycles. The van der Waals surface area contributed by atoms with Crippen LogP contribution in [0.4, 0.5) is 0 Å². The van der Waals surface area contributed by atoms with Gasteiger partial charge in [-0.1, -0.05) is 129 Å². The summed E-state index contributed by atoms with van der Waals surface area (Å²) < 4.78 is 0. The van der Waals surface area contributed by atoms with E-state index in [1.807, 2.05) is 11.3 Å². The Morgan fingerprint density at radius 3 is 1.31 bits per heavy atom. The maximum absolute atomic E-state index is 2.40. The van der Waals surface area contributed by atoms with Crippen LogP contribution in [-0.4, -0.2) is 0 Å². The third-order valence-corrected chi connectivity index (χ3v) is 7.42. The second kappa shape index (κ2) is 21.0. The van der Waals surface area contributed by atoms with Crippen LogP contribution in [0.2, 0.25) is 0 Å². The van der Waals surface area contributed by atoms with Crippen LogP contribution in [0.15, 0.2) is 11.4 Å². The number of rotatable bonds is 22. The molecule has 0 saturated heterocycles. The van der Waals surface area contributed by atoms with E-state index in [1.54, 1.807) is 10.4 Å². The maximum Gasteiger partial charge on any atom is 0.00772 e. The molecule has 0 bridgehead atoms. The van der Waals surface area contributed by atoms with Gasteiger partial charge in [0.05, 0.1) is 0 Å². The lowest BCUT2D eigenvalue weighted by molar-refractivity contribution is 0.544. The number of hydrogen-bond donors (Lipinski definition) is 0. The molecule has 0 nitrogen and oxygen atoms in total. The van der Waals surface area contributed by atoms with E-state index < -0.39 is 0 Å². The highest BCUT2D eigenvalue weighted by molar-refractivity contribution is 7.10. The van der Waals surface area contributed by atoms with E-state index >= 15 is 0 Å². The second-order valence-corrected chi connectivity index (χ2v) is 10.2. The minimum Gasteiger partial charge on any atom is -0.149 e. The van der Waals surface area contributed by atoms with Gasteiger partial charge in [0, 0.05) is 4.88 Å². The average molecular weight is 421 g/mol. The van der Waals surface area contributed by atoms with Crippen molar-refractivity contribution in [1.82, 2.24) is 0 Å². The molecule has 0 saturated carbocycles. The van der Waals surface area contributed by atoms with Crippen molar-refractivity contribution in [1.29, 1.82) is 0 Å². The first-order valence-electron chi connectivity index (χ1n) is 13.4. The molecule has 0 aliphatic rings. The van der Waals surface area contributed by atoms with Gasteiger partial charge < -0.3 is 0 Å². The highest BCUT2D eigenvalue weighted by atomic mass is 32.1. The second-order valence-electron chi connectivity index (χ2n) is 9.23. The molecule has 0 unspecified atom stereocenters. The highest BCUT2D eigenvalue weighted by Gasteiger charge is 2.04. The van der Waals surface area contributed by atoms with Crippen molar-refractivity contribution in [2.24, 2.45) is 0 Å². The van der Waals surface area contributed by atoms with Crippen LogP contribution in [0, 0.1) is 0 Å². The number of thiophene rings is 1. The van der Waals surface area contributed by atoms with Crippen molar-refractivity contribution in [3.8, 4) is 0 Å². The molecule has 1 heteroatoms. The Balaban J connectivity index is 1.92. The Morgan fingerprint density at radius 1 is 0.483 bits per heavy atom. The van der Waals surface area contributed by atoms with Gasteiger partial charge in [-0.2, -0.15) is 0 Å². The van der Waals surface area contributed by atoms with Crippen molar-refractivity contribution in [3.05, 3.63) is 21.9 Å². The molecule has 0 fully saturated rings. The lowest BCUT2D eigenvalue weighted by atomic mass is 10.0. The minimum absolute atomic E-state index is 1.33. The van der Waals surface area contributed by atoms with E-state index in [2.05, 4.69) is 25.3 Å². The quantitative estimate of drug-likeness (QED) is 0.164. The summed E-state index contributed by atoms with van der Waals surface area (Å²) in [5.74, 6) is 0. The van der Waals surface area contributed by atoms with Crippen LogP contribution < -0.4 is 0 Å². The van der Waals surface area contributed by atoms with Crippen LogP contribution in [-0.2, 0) is 12.8 Å². The fraction of sp³-hybridized carbons (Fsp3) is 0.857. The Hall–Kier alpha value is -0.300.